The summed E-state index contributed by atoms with van der Waals surface area (Å²) in [6.07, 6.45) is 0. The first-order valence-corrected chi connectivity index (χ1v) is 10.2. The molecule has 0 saturated heterocycles. The van der Waals surface area contributed by atoms with Crippen molar-refractivity contribution in [3.63, 3.8) is 0 Å². The average Bonchev–Trinajstić information content (AvgIpc) is 2.73. The number of hydrogen-bond acceptors (Lipinski definition) is 4. The molecule has 2 aromatic rings. The molecule has 0 unspecified atom stereocenters. The van der Waals surface area contributed by atoms with Gasteiger partial charge in [0.1, 0.15) is 18.1 Å². The van der Waals surface area contributed by atoms with E-state index in [4.69, 9.17) is 4.74 Å². The number of carbonyl (C=O) groups excluding carboxylic acids is 3. The molecule has 0 spiro atoms. The quantitative estimate of drug-likeness (QED) is 0.664. The van der Waals surface area contributed by atoms with Gasteiger partial charge in [0, 0.05) is 17.6 Å². The summed E-state index contributed by atoms with van der Waals surface area (Å²) in [5.74, 6) is -0.850. The van der Waals surface area contributed by atoms with E-state index in [0.717, 1.165) is 10.0 Å². The zero-order chi connectivity index (χ0) is 21.7. The number of anilines is 1. The van der Waals surface area contributed by atoms with Crippen LogP contribution in [0.5, 0.6) is 5.75 Å². The van der Waals surface area contributed by atoms with E-state index >= 15 is 0 Å². The predicted molar refractivity (Wildman–Crippen MR) is 112 cm³/mol. The van der Waals surface area contributed by atoms with Crippen molar-refractivity contribution in [1.29, 1.82) is 0 Å². The number of amides is 3. The highest BCUT2D eigenvalue weighted by Crippen LogP contribution is 2.34. The van der Waals surface area contributed by atoms with Crippen LogP contribution in [0.3, 0.4) is 0 Å². The molecule has 9 heteroatoms. The molecule has 0 aromatic heterocycles. The van der Waals surface area contributed by atoms with Gasteiger partial charge in [-0.25, -0.2) is 4.39 Å². The molecular formula is C21H21BrFN3O4. The van der Waals surface area contributed by atoms with Crippen LogP contribution in [0.15, 0.2) is 46.9 Å². The summed E-state index contributed by atoms with van der Waals surface area (Å²) in [6.45, 7) is 1.83. The molecule has 1 aliphatic heterocycles. The van der Waals surface area contributed by atoms with Crippen LogP contribution in [0, 0.1) is 5.82 Å². The van der Waals surface area contributed by atoms with E-state index in [9.17, 15) is 18.8 Å². The largest absolute Gasteiger partial charge is 0.482 e. The molecule has 0 aliphatic carbocycles. The Bertz CT molecular complexity index is 952. The number of benzene rings is 2. The molecule has 158 valence electrons. The molecule has 30 heavy (non-hydrogen) atoms. The molecule has 1 heterocycles. The zero-order valence-electron chi connectivity index (χ0n) is 16.4. The van der Waals surface area contributed by atoms with Crippen LogP contribution in [-0.4, -0.2) is 48.9 Å². The molecule has 7 nitrogen and oxygen atoms in total. The second kappa shape index (κ2) is 9.71. The van der Waals surface area contributed by atoms with Crippen molar-refractivity contribution in [3.05, 3.63) is 58.3 Å². The number of ether oxygens (including phenoxy) is 1. The van der Waals surface area contributed by atoms with E-state index < -0.39 is 0 Å². The fourth-order valence-corrected chi connectivity index (χ4v) is 3.34. The lowest BCUT2D eigenvalue weighted by Crippen LogP contribution is -2.48. The normalized spacial score (nSPS) is 12.8. The first-order valence-electron chi connectivity index (χ1n) is 9.39. The van der Waals surface area contributed by atoms with Crippen molar-refractivity contribution in [2.24, 2.45) is 0 Å². The summed E-state index contributed by atoms with van der Waals surface area (Å²) < 4.78 is 19.2. The molecule has 2 aromatic carbocycles. The number of carbonyl (C=O) groups is 3. The van der Waals surface area contributed by atoms with Gasteiger partial charge in [-0.2, -0.15) is 0 Å². The van der Waals surface area contributed by atoms with Crippen LogP contribution in [0.25, 0.3) is 0 Å². The van der Waals surface area contributed by atoms with E-state index in [2.05, 4.69) is 21.2 Å². The number of fused-ring (bicyclic) bond motifs is 1. The van der Waals surface area contributed by atoms with Crippen molar-refractivity contribution >= 4 is 39.3 Å². The Morgan fingerprint density at radius 3 is 2.67 bits per heavy atom. The minimum Gasteiger partial charge on any atom is -0.482 e. The molecule has 0 bridgehead atoms. The van der Waals surface area contributed by atoms with Crippen LogP contribution in [-0.2, 0) is 20.9 Å². The number of nitrogens with zero attached hydrogens (tertiary/aromatic N) is 2. The van der Waals surface area contributed by atoms with Crippen molar-refractivity contribution in [2.45, 2.75) is 13.5 Å². The first-order chi connectivity index (χ1) is 14.4. The van der Waals surface area contributed by atoms with Gasteiger partial charge in [0.2, 0.25) is 11.8 Å². The van der Waals surface area contributed by atoms with Crippen LogP contribution < -0.4 is 15.0 Å². The van der Waals surface area contributed by atoms with Gasteiger partial charge < -0.3 is 15.0 Å². The SMILES string of the molecule is CCN(CC(=O)NCc1ccc(F)cc1)C(=O)CN1C(=O)COc2cc(Br)ccc21. The molecule has 3 amide bonds. The molecule has 1 N–H and O–H groups in total. The van der Waals surface area contributed by atoms with Gasteiger partial charge in [-0.15, -0.1) is 0 Å². The number of hydrogen-bond donors (Lipinski definition) is 1. The number of halogens is 2. The molecule has 0 radical (unpaired) electrons. The highest BCUT2D eigenvalue weighted by Gasteiger charge is 2.29. The Hall–Kier alpha value is -2.94. The molecule has 3 rings (SSSR count). The summed E-state index contributed by atoms with van der Waals surface area (Å²) in [5, 5.41) is 2.71. The summed E-state index contributed by atoms with van der Waals surface area (Å²) in [7, 11) is 0. The minimum absolute atomic E-state index is 0.137. The Morgan fingerprint density at radius 1 is 1.23 bits per heavy atom. The third-order valence-corrected chi connectivity index (χ3v) is 5.12. The van der Waals surface area contributed by atoms with Gasteiger partial charge in [-0.3, -0.25) is 19.3 Å². The number of rotatable bonds is 7. The fraction of sp³-hybridized carbons (Fsp3) is 0.286. The maximum absolute atomic E-state index is 13.0. The van der Waals surface area contributed by atoms with E-state index in [1.54, 1.807) is 37.3 Å². The molecule has 0 saturated carbocycles. The van der Waals surface area contributed by atoms with Crippen molar-refractivity contribution in [3.8, 4) is 5.75 Å². The van der Waals surface area contributed by atoms with Gasteiger partial charge in [0.05, 0.1) is 12.2 Å². The van der Waals surface area contributed by atoms with Crippen molar-refractivity contribution in [1.82, 2.24) is 10.2 Å². The van der Waals surface area contributed by atoms with Gasteiger partial charge in [0.25, 0.3) is 5.91 Å². The third-order valence-electron chi connectivity index (χ3n) is 4.63. The lowest BCUT2D eigenvalue weighted by atomic mass is 10.2. The predicted octanol–water partition coefficient (Wildman–Crippen LogP) is 2.48. The third kappa shape index (κ3) is 5.35. The van der Waals surface area contributed by atoms with Gasteiger partial charge >= 0.3 is 0 Å². The van der Waals surface area contributed by atoms with Gasteiger partial charge in [0.15, 0.2) is 6.61 Å². The molecular weight excluding hydrogens is 457 g/mol. The zero-order valence-corrected chi connectivity index (χ0v) is 17.9. The molecule has 0 fully saturated rings. The van der Waals surface area contributed by atoms with Crippen LogP contribution in [0.1, 0.15) is 12.5 Å². The topological polar surface area (TPSA) is 79.0 Å². The summed E-state index contributed by atoms with van der Waals surface area (Å²) in [4.78, 5) is 40.1. The lowest BCUT2D eigenvalue weighted by Gasteiger charge is -2.31. The standard InChI is InChI=1S/C21H21BrFN3O4/c1-2-25(11-19(27)24-10-14-3-6-16(23)7-4-14)20(28)12-26-17-8-5-15(22)9-18(17)30-13-21(26)29/h3-9H,2,10-13H2,1H3,(H,24,27). The van der Waals surface area contributed by atoms with Crippen LogP contribution >= 0.6 is 15.9 Å². The lowest BCUT2D eigenvalue weighted by molar-refractivity contribution is -0.135. The van der Waals surface area contributed by atoms with E-state index in [1.165, 1.54) is 21.9 Å². The van der Waals surface area contributed by atoms with E-state index in [1.807, 2.05) is 0 Å². The maximum Gasteiger partial charge on any atom is 0.265 e. The molecule has 1 aliphatic rings. The number of nitrogens with one attached hydrogen (secondary N) is 1. The number of likely N-dealkylation sites (N-methyl/N-ethyl adjacent to an activating group) is 1. The summed E-state index contributed by atoms with van der Waals surface area (Å²) >= 11 is 3.35. The second-order valence-corrected chi connectivity index (χ2v) is 7.61. The summed E-state index contributed by atoms with van der Waals surface area (Å²) in [5.41, 5.74) is 1.26. The highest BCUT2D eigenvalue weighted by molar-refractivity contribution is 9.10. The maximum atomic E-state index is 13.0. The molecule has 0 atom stereocenters. The van der Waals surface area contributed by atoms with Gasteiger partial charge in [-0.05, 0) is 42.8 Å². The van der Waals surface area contributed by atoms with E-state index in [0.29, 0.717) is 18.0 Å². The Labute approximate surface area is 181 Å². The van der Waals surface area contributed by atoms with E-state index in [-0.39, 0.29) is 49.8 Å². The van der Waals surface area contributed by atoms with Crippen molar-refractivity contribution < 1.29 is 23.5 Å². The van der Waals surface area contributed by atoms with Gasteiger partial charge in [-0.1, -0.05) is 28.1 Å². The van der Waals surface area contributed by atoms with Crippen LogP contribution in [0.4, 0.5) is 10.1 Å². The van der Waals surface area contributed by atoms with Crippen molar-refractivity contribution in [2.75, 3.05) is 31.1 Å². The Balaban J connectivity index is 1.60. The first kappa shape index (κ1) is 21.8. The monoisotopic (exact) mass is 477 g/mol. The highest BCUT2D eigenvalue weighted by atomic mass is 79.9. The average molecular weight is 478 g/mol. The van der Waals surface area contributed by atoms with Crippen LogP contribution in [0.2, 0.25) is 0 Å². The Morgan fingerprint density at radius 2 is 1.97 bits per heavy atom. The minimum atomic E-state index is -0.349. The smallest absolute Gasteiger partial charge is 0.265 e. The fourth-order valence-electron chi connectivity index (χ4n) is 3.00. The second-order valence-electron chi connectivity index (χ2n) is 6.69. The summed E-state index contributed by atoms with van der Waals surface area (Å²) in [6, 6.07) is 11.0. The Kier molecular flexibility index (Phi) is 7.04.